The lowest BCUT2D eigenvalue weighted by Crippen LogP contribution is -2.39. The first kappa shape index (κ1) is 15.6. The Morgan fingerprint density at radius 1 is 1.00 bits per heavy atom. The number of halogens is 4. The number of rotatable bonds is 3. The summed E-state index contributed by atoms with van der Waals surface area (Å²) in [4.78, 5) is 11.3. The van der Waals surface area contributed by atoms with Crippen molar-refractivity contribution >= 4 is 21.8 Å². The van der Waals surface area contributed by atoms with Gasteiger partial charge in [0.25, 0.3) is 0 Å². The molecule has 110 valence electrons. The Morgan fingerprint density at radius 2 is 1.62 bits per heavy atom. The molecule has 2 aromatic rings. The molecule has 0 saturated heterocycles. The monoisotopic (exact) mass is 357 g/mol. The fourth-order valence-electron chi connectivity index (χ4n) is 1.90. The normalized spacial score (nSPS) is 12.8. The molecule has 6 heteroatoms. The summed E-state index contributed by atoms with van der Waals surface area (Å²) < 4.78 is 38.2. The number of alkyl halides is 3. The van der Waals surface area contributed by atoms with Crippen LogP contribution < -0.4 is 5.32 Å². The van der Waals surface area contributed by atoms with E-state index in [-0.39, 0.29) is 0 Å². The van der Waals surface area contributed by atoms with E-state index in [2.05, 4.69) is 15.9 Å². The van der Waals surface area contributed by atoms with Gasteiger partial charge in [0.2, 0.25) is 0 Å². The van der Waals surface area contributed by atoms with Gasteiger partial charge in [0.1, 0.15) is 0 Å². The minimum Gasteiger partial charge on any atom is -0.337 e. The van der Waals surface area contributed by atoms with E-state index in [1.165, 1.54) is 0 Å². The first-order valence-electron chi connectivity index (χ1n) is 6.06. The first-order valence-corrected chi connectivity index (χ1v) is 6.85. The summed E-state index contributed by atoms with van der Waals surface area (Å²) in [6.45, 7) is 0. The second kappa shape index (κ2) is 6.30. The van der Waals surface area contributed by atoms with Crippen LogP contribution in [0.2, 0.25) is 0 Å². The molecule has 2 rings (SSSR count). The lowest BCUT2D eigenvalue weighted by molar-refractivity contribution is -0.174. The third-order valence-corrected chi connectivity index (χ3v) is 3.34. The van der Waals surface area contributed by atoms with Crippen LogP contribution in [0.1, 0.15) is 17.2 Å². The number of nitrogens with one attached hydrogen (secondary N) is 1. The van der Waals surface area contributed by atoms with E-state index in [1.54, 1.807) is 54.6 Å². The zero-order chi connectivity index (χ0) is 15.5. The van der Waals surface area contributed by atoms with E-state index in [1.807, 2.05) is 5.32 Å². The van der Waals surface area contributed by atoms with Gasteiger partial charge in [-0.05, 0) is 23.3 Å². The van der Waals surface area contributed by atoms with Crippen molar-refractivity contribution in [3.8, 4) is 0 Å². The zero-order valence-corrected chi connectivity index (χ0v) is 12.3. The Morgan fingerprint density at radius 3 is 2.19 bits per heavy atom. The molecule has 1 amide bonds. The average Bonchev–Trinajstić information content (AvgIpc) is 2.44. The van der Waals surface area contributed by atoms with Gasteiger partial charge in [0.05, 0.1) is 6.04 Å². The van der Waals surface area contributed by atoms with E-state index in [0.717, 1.165) is 4.47 Å². The van der Waals surface area contributed by atoms with Crippen molar-refractivity contribution in [3.05, 3.63) is 70.2 Å². The van der Waals surface area contributed by atoms with Gasteiger partial charge in [0, 0.05) is 4.47 Å². The molecule has 0 aromatic heterocycles. The summed E-state index contributed by atoms with van der Waals surface area (Å²) in [5.41, 5.74) is 1.14. The van der Waals surface area contributed by atoms with Crippen LogP contribution in [0.4, 0.5) is 13.2 Å². The van der Waals surface area contributed by atoms with E-state index >= 15 is 0 Å². The first-order chi connectivity index (χ1) is 9.88. The number of benzene rings is 2. The highest BCUT2D eigenvalue weighted by atomic mass is 79.9. The van der Waals surface area contributed by atoms with Crippen LogP contribution in [0.5, 0.6) is 0 Å². The van der Waals surface area contributed by atoms with Crippen molar-refractivity contribution in [2.75, 3.05) is 0 Å². The van der Waals surface area contributed by atoms with Gasteiger partial charge in [-0.2, -0.15) is 13.2 Å². The lowest BCUT2D eigenvalue weighted by Gasteiger charge is -2.20. The van der Waals surface area contributed by atoms with Gasteiger partial charge in [-0.3, -0.25) is 4.79 Å². The molecule has 0 spiro atoms. The van der Waals surface area contributed by atoms with Crippen LogP contribution in [0.3, 0.4) is 0 Å². The fourth-order valence-corrected chi connectivity index (χ4v) is 2.32. The summed E-state index contributed by atoms with van der Waals surface area (Å²) in [5, 5.41) is 2.03. The highest BCUT2D eigenvalue weighted by Crippen LogP contribution is 2.26. The van der Waals surface area contributed by atoms with E-state index in [0.29, 0.717) is 11.1 Å². The highest BCUT2D eigenvalue weighted by molar-refractivity contribution is 9.10. The zero-order valence-electron chi connectivity index (χ0n) is 10.7. The SMILES string of the molecule is O=C(NC(c1ccccc1)c1cccc(Br)c1)C(F)(F)F. The Hall–Kier alpha value is -1.82. The van der Waals surface area contributed by atoms with Gasteiger partial charge in [-0.1, -0.05) is 58.4 Å². The fraction of sp³-hybridized carbons (Fsp3) is 0.133. The molecule has 0 bridgehead atoms. The molecule has 2 nitrogen and oxygen atoms in total. The molecule has 0 aliphatic heterocycles. The number of amides is 1. The van der Waals surface area contributed by atoms with E-state index in [4.69, 9.17) is 0 Å². The van der Waals surface area contributed by atoms with Gasteiger partial charge in [-0.15, -0.1) is 0 Å². The number of hydrogen-bond acceptors (Lipinski definition) is 1. The van der Waals surface area contributed by atoms with Crippen molar-refractivity contribution in [2.24, 2.45) is 0 Å². The highest BCUT2D eigenvalue weighted by Gasteiger charge is 2.40. The lowest BCUT2D eigenvalue weighted by atomic mass is 9.99. The van der Waals surface area contributed by atoms with Crippen molar-refractivity contribution in [2.45, 2.75) is 12.2 Å². The third kappa shape index (κ3) is 4.07. The molecule has 2 aromatic carbocycles. The maximum Gasteiger partial charge on any atom is 0.471 e. The molecule has 0 heterocycles. The molecule has 21 heavy (non-hydrogen) atoms. The molecule has 0 fully saturated rings. The van der Waals surface area contributed by atoms with Crippen molar-refractivity contribution in [1.29, 1.82) is 0 Å². The molecule has 0 aliphatic rings. The van der Waals surface area contributed by atoms with Crippen LogP contribution in [-0.4, -0.2) is 12.1 Å². The topological polar surface area (TPSA) is 29.1 Å². The minimum atomic E-state index is -4.92. The summed E-state index contributed by atoms with van der Waals surface area (Å²) in [5.74, 6) is -1.96. The van der Waals surface area contributed by atoms with Crippen LogP contribution in [-0.2, 0) is 4.79 Å². The van der Waals surface area contributed by atoms with Gasteiger partial charge >= 0.3 is 12.1 Å². The maximum atomic E-state index is 12.5. The van der Waals surface area contributed by atoms with Gasteiger partial charge < -0.3 is 5.32 Å². The number of carbonyl (C=O) groups excluding carboxylic acids is 1. The Labute approximate surface area is 128 Å². The predicted molar refractivity (Wildman–Crippen MR) is 76.6 cm³/mol. The molecule has 0 radical (unpaired) electrons. The Bertz CT molecular complexity index is 628. The quantitative estimate of drug-likeness (QED) is 0.875. The third-order valence-electron chi connectivity index (χ3n) is 2.85. The molecule has 1 N–H and O–H groups in total. The molecule has 0 saturated carbocycles. The smallest absolute Gasteiger partial charge is 0.337 e. The van der Waals surface area contributed by atoms with Crippen LogP contribution in [0, 0.1) is 0 Å². The Balaban J connectivity index is 2.38. The minimum absolute atomic E-state index is 0.563. The Kier molecular flexibility index (Phi) is 4.67. The second-order valence-electron chi connectivity index (χ2n) is 4.37. The molecule has 1 atom stereocenters. The van der Waals surface area contributed by atoms with E-state index < -0.39 is 18.1 Å². The van der Waals surface area contributed by atoms with Crippen LogP contribution in [0.15, 0.2) is 59.1 Å². The summed E-state index contributed by atoms with van der Waals surface area (Å²) in [7, 11) is 0. The van der Waals surface area contributed by atoms with Crippen molar-refractivity contribution in [3.63, 3.8) is 0 Å². The maximum absolute atomic E-state index is 12.5. The molecular weight excluding hydrogens is 347 g/mol. The molecule has 0 aliphatic carbocycles. The number of hydrogen-bond donors (Lipinski definition) is 1. The van der Waals surface area contributed by atoms with Crippen LogP contribution >= 0.6 is 15.9 Å². The van der Waals surface area contributed by atoms with Crippen molar-refractivity contribution in [1.82, 2.24) is 5.32 Å². The van der Waals surface area contributed by atoms with E-state index in [9.17, 15) is 18.0 Å². The molecular formula is C15H11BrF3NO. The predicted octanol–water partition coefficient (Wildman–Crippen LogP) is 4.22. The second-order valence-corrected chi connectivity index (χ2v) is 5.29. The number of carbonyl (C=O) groups is 1. The standard InChI is InChI=1S/C15H11BrF3NO/c16-12-8-4-7-11(9-12)13(10-5-2-1-3-6-10)20-14(21)15(17,18)19/h1-9,13H,(H,20,21). The summed E-state index contributed by atoms with van der Waals surface area (Å²) in [6, 6.07) is 14.5. The van der Waals surface area contributed by atoms with Gasteiger partial charge in [-0.25, -0.2) is 0 Å². The average molecular weight is 358 g/mol. The summed E-state index contributed by atoms with van der Waals surface area (Å²) in [6.07, 6.45) is -4.92. The molecule has 1 unspecified atom stereocenters. The summed E-state index contributed by atoms with van der Waals surface area (Å²) >= 11 is 3.27. The van der Waals surface area contributed by atoms with Crippen molar-refractivity contribution < 1.29 is 18.0 Å². The largest absolute Gasteiger partial charge is 0.471 e. The van der Waals surface area contributed by atoms with Gasteiger partial charge in [0.15, 0.2) is 0 Å². The van der Waals surface area contributed by atoms with Crippen LogP contribution in [0.25, 0.3) is 0 Å².